The van der Waals surface area contributed by atoms with Crippen LogP contribution in [0.25, 0.3) is 5.70 Å². The molecular weight excluding hydrogens is 246 g/mol. The van der Waals surface area contributed by atoms with Gasteiger partial charge >= 0.3 is 5.70 Å². The molecule has 1 fully saturated rings. The van der Waals surface area contributed by atoms with E-state index < -0.39 is 0 Å². The van der Waals surface area contributed by atoms with Crippen molar-refractivity contribution >= 4 is 5.70 Å². The van der Waals surface area contributed by atoms with Gasteiger partial charge in [-0.15, -0.1) is 0 Å². The second kappa shape index (κ2) is 5.88. The Kier molecular flexibility index (Phi) is 4.21. The summed E-state index contributed by atoms with van der Waals surface area (Å²) < 4.78 is 7.29. The fraction of sp³-hybridized carbons (Fsp3) is 0.538. The van der Waals surface area contributed by atoms with Crippen LogP contribution in [0, 0.1) is 16.0 Å². The van der Waals surface area contributed by atoms with E-state index in [1.807, 2.05) is 16.8 Å². The van der Waals surface area contributed by atoms with Gasteiger partial charge in [-0.3, -0.25) is 10.1 Å². The summed E-state index contributed by atoms with van der Waals surface area (Å²) in [6, 6.07) is 3.63. The molecule has 0 N–H and O–H groups in total. The van der Waals surface area contributed by atoms with E-state index in [-0.39, 0.29) is 10.6 Å². The van der Waals surface area contributed by atoms with Gasteiger partial charge in [0, 0.05) is 39.4 Å². The first-order valence-electron chi connectivity index (χ1n) is 6.34. The molecule has 0 radical (unpaired) electrons. The lowest BCUT2D eigenvalue weighted by Gasteiger charge is -2.12. The van der Waals surface area contributed by atoms with E-state index in [4.69, 9.17) is 4.74 Å². The number of aromatic nitrogens is 1. The Morgan fingerprint density at radius 1 is 1.68 bits per heavy atom. The lowest BCUT2D eigenvalue weighted by molar-refractivity contribution is -0.376. The Bertz CT molecular complexity index is 473. The number of ether oxygens (including phenoxy) is 1. The fourth-order valence-electron chi connectivity index (χ4n) is 2.26. The summed E-state index contributed by atoms with van der Waals surface area (Å²) in [5, 5.41) is 11.2. The van der Waals surface area contributed by atoms with E-state index in [1.165, 1.54) is 6.20 Å². The zero-order valence-electron chi connectivity index (χ0n) is 11.3. The number of nitrogens with zero attached hydrogens (tertiary/aromatic N) is 3. The average molecular weight is 265 g/mol. The summed E-state index contributed by atoms with van der Waals surface area (Å²) in [7, 11) is 3.56. The minimum atomic E-state index is -0.336. The normalized spacial score (nSPS) is 19.7. The molecule has 0 aliphatic carbocycles. The van der Waals surface area contributed by atoms with E-state index in [0.717, 1.165) is 26.2 Å². The van der Waals surface area contributed by atoms with Gasteiger partial charge in [0.05, 0.1) is 17.7 Å². The van der Waals surface area contributed by atoms with Gasteiger partial charge in [0.2, 0.25) is 0 Å². The monoisotopic (exact) mass is 265 g/mol. The van der Waals surface area contributed by atoms with Gasteiger partial charge in [-0.2, -0.15) is 0 Å². The summed E-state index contributed by atoms with van der Waals surface area (Å²) in [5.74, 6) is 0.443. The van der Waals surface area contributed by atoms with E-state index in [0.29, 0.717) is 11.6 Å². The molecule has 104 valence electrons. The van der Waals surface area contributed by atoms with Crippen molar-refractivity contribution in [2.24, 2.45) is 5.92 Å². The topological polar surface area (TPSA) is 60.5 Å². The van der Waals surface area contributed by atoms with Crippen LogP contribution in [0.15, 0.2) is 24.5 Å². The van der Waals surface area contributed by atoms with Crippen LogP contribution < -0.4 is 0 Å². The molecule has 2 heterocycles. The molecular formula is C13H19N3O3. The molecule has 0 saturated carbocycles. The Hall–Kier alpha value is -1.82. The Balaban J connectivity index is 2.23. The molecule has 2 rings (SSSR count). The molecule has 1 aliphatic heterocycles. The van der Waals surface area contributed by atoms with E-state index in [1.54, 1.807) is 25.1 Å². The average Bonchev–Trinajstić information content (AvgIpc) is 2.97. The molecule has 0 spiro atoms. The minimum absolute atomic E-state index is 0.119. The van der Waals surface area contributed by atoms with Crippen molar-refractivity contribution in [3.05, 3.63) is 40.3 Å². The summed E-state index contributed by atoms with van der Waals surface area (Å²) in [5.41, 5.74) is 0.763. The standard InChI is InChI=1S/C13H19N3O3/c1-14(2)9-13(16(17)18)12-4-3-6-15(12)8-11-5-7-19-10-11/h3-4,6,9,11H,5,7-8,10H2,1-2H3. The van der Waals surface area contributed by atoms with Crippen LogP contribution in [0.2, 0.25) is 0 Å². The van der Waals surface area contributed by atoms with Crippen LogP contribution in [0.5, 0.6) is 0 Å². The van der Waals surface area contributed by atoms with E-state index in [2.05, 4.69) is 0 Å². The van der Waals surface area contributed by atoms with Gasteiger partial charge in [0.1, 0.15) is 5.69 Å². The van der Waals surface area contributed by atoms with Gasteiger partial charge < -0.3 is 14.2 Å². The molecule has 1 aliphatic rings. The largest absolute Gasteiger partial charge is 0.381 e. The maximum atomic E-state index is 11.2. The third-order valence-electron chi connectivity index (χ3n) is 3.15. The third-order valence-corrected chi connectivity index (χ3v) is 3.15. The molecule has 6 nitrogen and oxygen atoms in total. The molecule has 6 heteroatoms. The second-order valence-corrected chi connectivity index (χ2v) is 5.01. The van der Waals surface area contributed by atoms with Crippen LogP contribution in [0.1, 0.15) is 12.1 Å². The van der Waals surface area contributed by atoms with Gasteiger partial charge in [0.25, 0.3) is 0 Å². The number of rotatable bonds is 5. The molecule has 19 heavy (non-hydrogen) atoms. The highest BCUT2D eigenvalue weighted by atomic mass is 16.6. The van der Waals surface area contributed by atoms with Crippen LogP contribution in [0.4, 0.5) is 0 Å². The fourth-order valence-corrected chi connectivity index (χ4v) is 2.26. The molecule has 1 aromatic rings. The maximum absolute atomic E-state index is 11.2. The number of hydrogen-bond donors (Lipinski definition) is 0. The lowest BCUT2D eigenvalue weighted by atomic mass is 10.1. The number of nitro groups is 1. The minimum Gasteiger partial charge on any atom is -0.381 e. The van der Waals surface area contributed by atoms with Crippen LogP contribution in [-0.4, -0.2) is 41.7 Å². The van der Waals surface area contributed by atoms with Crippen molar-refractivity contribution in [2.75, 3.05) is 27.3 Å². The molecule has 1 atom stereocenters. The van der Waals surface area contributed by atoms with Crippen molar-refractivity contribution < 1.29 is 9.66 Å². The summed E-state index contributed by atoms with van der Waals surface area (Å²) in [6.45, 7) is 2.29. The predicted molar refractivity (Wildman–Crippen MR) is 72.0 cm³/mol. The smallest absolute Gasteiger partial charge is 0.308 e. The van der Waals surface area contributed by atoms with Gasteiger partial charge in [-0.1, -0.05) is 0 Å². The SMILES string of the molecule is CN(C)C=C(c1cccn1CC1CCOC1)[N+](=O)[O-]. The van der Waals surface area contributed by atoms with Crippen molar-refractivity contribution in [3.8, 4) is 0 Å². The molecule has 1 aromatic heterocycles. The molecule has 1 saturated heterocycles. The highest BCUT2D eigenvalue weighted by Gasteiger charge is 2.22. The second-order valence-electron chi connectivity index (χ2n) is 5.01. The molecule has 0 amide bonds. The Morgan fingerprint density at radius 2 is 2.47 bits per heavy atom. The third kappa shape index (κ3) is 3.35. The van der Waals surface area contributed by atoms with E-state index >= 15 is 0 Å². The van der Waals surface area contributed by atoms with Gasteiger partial charge in [-0.05, 0) is 18.6 Å². The highest BCUT2D eigenvalue weighted by Crippen LogP contribution is 2.21. The maximum Gasteiger partial charge on any atom is 0.308 e. The molecule has 1 unspecified atom stereocenters. The first-order valence-corrected chi connectivity index (χ1v) is 6.34. The van der Waals surface area contributed by atoms with Crippen molar-refractivity contribution in [3.63, 3.8) is 0 Å². The number of hydrogen-bond acceptors (Lipinski definition) is 4. The van der Waals surface area contributed by atoms with Gasteiger partial charge in [0.15, 0.2) is 0 Å². The molecule has 0 aromatic carbocycles. The van der Waals surface area contributed by atoms with Crippen molar-refractivity contribution in [1.82, 2.24) is 9.47 Å². The first-order chi connectivity index (χ1) is 9.08. The first kappa shape index (κ1) is 13.6. The lowest BCUT2D eigenvalue weighted by Crippen LogP contribution is -2.15. The molecule has 0 bridgehead atoms. The summed E-state index contributed by atoms with van der Waals surface area (Å²) in [6.07, 6.45) is 4.44. The van der Waals surface area contributed by atoms with Crippen LogP contribution in [-0.2, 0) is 11.3 Å². The zero-order chi connectivity index (χ0) is 13.8. The van der Waals surface area contributed by atoms with Gasteiger partial charge in [-0.25, -0.2) is 0 Å². The summed E-state index contributed by atoms with van der Waals surface area (Å²) in [4.78, 5) is 12.5. The Labute approximate surface area is 112 Å². The van der Waals surface area contributed by atoms with Crippen molar-refractivity contribution in [1.29, 1.82) is 0 Å². The van der Waals surface area contributed by atoms with Crippen LogP contribution >= 0.6 is 0 Å². The quantitative estimate of drug-likeness (QED) is 0.600. The zero-order valence-corrected chi connectivity index (χ0v) is 11.3. The van der Waals surface area contributed by atoms with Crippen molar-refractivity contribution in [2.45, 2.75) is 13.0 Å². The highest BCUT2D eigenvalue weighted by molar-refractivity contribution is 5.55. The summed E-state index contributed by atoms with van der Waals surface area (Å²) >= 11 is 0. The predicted octanol–water partition coefficient (Wildman–Crippen LogP) is 1.66. The van der Waals surface area contributed by atoms with E-state index in [9.17, 15) is 10.1 Å². The Morgan fingerprint density at radius 3 is 3.05 bits per heavy atom. The van der Waals surface area contributed by atoms with Crippen LogP contribution in [0.3, 0.4) is 0 Å².